The Balaban J connectivity index is 2.50. The number of likely N-dealkylation sites (tertiary alicyclic amines) is 1. The van der Waals surface area contributed by atoms with Gasteiger partial charge in [0.25, 0.3) is 0 Å². The van der Waals surface area contributed by atoms with Crippen LogP contribution in [0, 0.1) is 0 Å². The molecule has 0 aromatic heterocycles. The van der Waals surface area contributed by atoms with Crippen LogP contribution in [-0.2, 0) is 4.79 Å². The highest BCUT2D eigenvalue weighted by Gasteiger charge is 2.38. The predicted molar refractivity (Wildman–Crippen MR) is 57.1 cm³/mol. The van der Waals surface area contributed by atoms with E-state index in [-0.39, 0.29) is 13.0 Å². The maximum atomic E-state index is 11.6. The van der Waals surface area contributed by atoms with Crippen molar-refractivity contribution in [2.45, 2.75) is 38.3 Å². The molecule has 2 amide bonds. The molecule has 0 aromatic rings. The fourth-order valence-corrected chi connectivity index (χ4v) is 1.75. The Morgan fingerprint density at radius 2 is 2.19 bits per heavy atom. The number of urea groups is 1. The summed E-state index contributed by atoms with van der Waals surface area (Å²) in [4.78, 5) is 23.7. The van der Waals surface area contributed by atoms with Crippen molar-refractivity contribution < 1.29 is 19.8 Å². The minimum atomic E-state index is -1.07. The normalized spacial score (nSPS) is 24.5. The van der Waals surface area contributed by atoms with Gasteiger partial charge in [-0.05, 0) is 6.42 Å². The molecule has 1 unspecified atom stereocenters. The van der Waals surface area contributed by atoms with E-state index in [1.165, 1.54) is 4.90 Å². The third kappa shape index (κ3) is 3.10. The molecule has 2 atom stereocenters. The van der Waals surface area contributed by atoms with Gasteiger partial charge >= 0.3 is 12.0 Å². The molecule has 1 rings (SSSR count). The van der Waals surface area contributed by atoms with Crippen molar-refractivity contribution in [2.75, 3.05) is 13.1 Å². The van der Waals surface area contributed by atoms with Crippen molar-refractivity contribution in [1.29, 1.82) is 0 Å². The van der Waals surface area contributed by atoms with Crippen molar-refractivity contribution in [1.82, 2.24) is 10.2 Å². The molecule has 3 N–H and O–H groups in total. The van der Waals surface area contributed by atoms with Gasteiger partial charge in [-0.25, -0.2) is 9.59 Å². The molecule has 0 spiro atoms. The van der Waals surface area contributed by atoms with Gasteiger partial charge in [0.1, 0.15) is 6.04 Å². The molecule has 0 bridgehead atoms. The second-order valence-corrected chi connectivity index (χ2v) is 3.98. The molecule has 1 aliphatic rings. The molecular weight excluding hydrogens is 212 g/mol. The van der Waals surface area contributed by atoms with Gasteiger partial charge in [0.2, 0.25) is 0 Å². The molecule has 1 fully saturated rings. The molecule has 0 saturated carbocycles. The first-order valence-electron chi connectivity index (χ1n) is 5.51. The van der Waals surface area contributed by atoms with Gasteiger partial charge in [-0.1, -0.05) is 13.3 Å². The number of β-amino-alcohol motifs (C(OH)–C–C–N with tert-alkyl or cyclic N) is 1. The third-order valence-electron chi connectivity index (χ3n) is 2.63. The molecule has 0 radical (unpaired) electrons. The van der Waals surface area contributed by atoms with Crippen LogP contribution in [0.25, 0.3) is 0 Å². The molecule has 6 heteroatoms. The largest absolute Gasteiger partial charge is 0.480 e. The minimum absolute atomic E-state index is 0.0922. The maximum Gasteiger partial charge on any atom is 0.326 e. The number of aliphatic carboxylic acids is 1. The molecule has 0 aromatic carbocycles. The lowest BCUT2D eigenvalue weighted by molar-refractivity contribution is -0.141. The van der Waals surface area contributed by atoms with Gasteiger partial charge < -0.3 is 20.4 Å². The summed E-state index contributed by atoms with van der Waals surface area (Å²) < 4.78 is 0. The molecule has 0 aliphatic carbocycles. The second kappa shape index (κ2) is 5.69. The number of carbonyl (C=O) groups is 2. The third-order valence-corrected chi connectivity index (χ3v) is 2.63. The number of hydrogen-bond donors (Lipinski definition) is 3. The number of rotatable bonds is 4. The minimum Gasteiger partial charge on any atom is -0.480 e. The summed E-state index contributed by atoms with van der Waals surface area (Å²) in [5, 5.41) is 20.9. The summed E-state index contributed by atoms with van der Waals surface area (Å²) >= 11 is 0. The number of nitrogens with one attached hydrogen (secondary N) is 1. The lowest BCUT2D eigenvalue weighted by Crippen LogP contribution is -2.46. The lowest BCUT2D eigenvalue weighted by atomic mass is 10.2. The zero-order valence-electron chi connectivity index (χ0n) is 9.35. The van der Waals surface area contributed by atoms with E-state index in [0.717, 1.165) is 12.8 Å². The number of aliphatic hydroxyl groups excluding tert-OH is 1. The quantitative estimate of drug-likeness (QED) is 0.594. The van der Waals surface area contributed by atoms with Gasteiger partial charge in [0.15, 0.2) is 0 Å². The summed E-state index contributed by atoms with van der Waals surface area (Å²) in [5.41, 5.74) is 0. The Hall–Kier alpha value is -1.30. The van der Waals surface area contributed by atoms with E-state index >= 15 is 0 Å². The number of amides is 2. The van der Waals surface area contributed by atoms with Crippen LogP contribution in [0.5, 0.6) is 0 Å². The number of carbonyl (C=O) groups excluding carboxylic acids is 1. The Morgan fingerprint density at radius 3 is 2.75 bits per heavy atom. The first-order chi connectivity index (χ1) is 7.56. The molecule has 92 valence electrons. The van der Waals surface area contributed by atoms with Crippen LogP contribution in [-0.4, -0.2) is 52.3 Å². The molecule has 6 nitrogen and oxygen atoms in total. The second-order valence-electron chi connectivity index (χ2n) is 3.98. The van der Waals surface area contributed by atoms with Gasteiger partial charge in [0.05, 0.1) is 6.10 Å². The van der Waals surface area contributed by atoms with Crippen LogP contribution >= 0.6 is 0 Å². The average Bonchev–Trinajstić information content (AvgIpc) is 2.61. The monoisotopic (exact) mass is 230 g/mol. The Labute approximate surface area is 94.2 Å². The van der Waals surface area contributed by atoms with Gasteiger partial charge in [-0.2, -0.15) is 0 Å². The SMILES string of the molecule is CCCCNC(=O)N1CC(O)C[C@H]1C(=O)O. The summed E-state index contributed by atoms with van der Waals surface area (Å²) in [6.45, 7) is 2.63. The number of aliphatic hydroxyl groups is 1. The van der Waals surface area contributed by atoms with E-state index in [2.05, 4.69) is 5.32 Å². The summed E-state index contributed by atoms with van der Waals surface area (Å²) in [7, 11) is 0. The number of unbranched alkanes of at least 4 members (excludes halogenated alkanes) is 1. The summed E-state index contributed by atoms with van der Waals surface area (Å²) in [6, 6.07) is -1.31. The van der Waals surface area contributed by atoms with Crippen LogP contribution in [0.3, 0.4) is 0 Å². The Bertz CT molecular complexity index is 270. The molecule has 1 saturated heterocycles. The highest BCUT2D eigenvalue weighted by molar-refractivity contribution is 5.83. The highest BCUT2D eigenvalue weighted by atomic mass is 16.4. The van der Waals surface area contributed by atoms with Crippen LogP contribution in [0.4, 0.5) is 4.79 Å². The zero-order valence-corrected chi connectivity index (χ0v) is 9.35. The number of hydrogen-bond acceptors (Lipinski definition) is 3. The van der Waals surface area contributed by atoms with E-state index in [9.17, 15) is 14.7 Å². The molecule has 16 heavy (non-hydrogen) atoms. The van der Waals surface area contributed by atoms with Crippen LogP contribution in [0.15, 0.2) is 0 Å². The summed E-state index contributed by atoms with van der Waals surface area (Å²) in [6.07, 6.45) is 1.19. The maximum absolute atomic E-state index is 11.6. The average molecular weight is 230 g/mol. The van der Waals surface area contributed by atoms with Crippen molar-refractivity contribution >= 4 is 12.0 Å². The van der Waals surface area contributed by atoms with Crippen molar-refractivity contribution in [3.8, 4) is 0 Å². The van der Waals surface area contributed by atoms with E-state index in [0.29, 0.717) is 6.54 Å². The fourth-order valence-electron chi connectivity index (χ4n) is 1.75. The van der Waals surface area contributed by atoms with E-state index in [1.807, 2.05) is 6.92 Å². The topological polar surface area (TPSA) is 89.9 Å². The van der Waals surface area contributed by atoms with Gasteiger partial charge in [0, 0.05) is 19.5 Å². The first-order valence-corrected chi connectivity index (χ1v) is 5.51. The van der Waals surface area contributed by atoms with Crippen LogP contribution < -0.4 is 5.32 Å². The Kier molecular flexibility index (Phi) is 4.54. The highest BCUT2D eigenvalue weighted by Crippen LogP contribution is 2.17. The van der Waals surface area contributed by atoms with E-state index < -0.39 is 24.1 Å². The lowest BCUT2D eigenvalue weighted by Gasteiger charge is -2.21. The Morgan fingerprint density at radius 1 is 1.50 bits per heavy atom. The zero-order chi connectivity index (χ0) is 12.1. The first kappa shape index (κ1) is 12.8. The van der Waals surface area contributed by atoms with Gasteiger partial charge in [-0.3, -0.25) is 0 Å². The number of carboxylic acids is 1. The molecular formula is C10H18N2O4. The van der Waals surface area contributed by atoms with Crippen molar-refractivity contribution in [3.05, 3.63) is 0 Å². The van der Waals surface area contributed by atoms with Crippen LogP contribution in [0.1, 0.15) is 26.2 Å². The molecule has 1 heterocycles. The van der Waals surface area contributed by atoms with Crippen molar-refractivity contribution in [3.63, 3.8) is 0 Å². The summed E-state index contributed by atoms with van der Waals surface area (Å²) in [5.74, 6) is -1.07. The smallest absolute Gasteiger partial charge is 0.326 e. The number of nitrogens with zero attached hydrogens (tertiary/aromatic N) is 1. The fraction of sp³-hybridized carbons (Fsp3) is 0.800. The number of carboxylic acid groups (broad SMARTS) is 1. The van der Waals surface area contributed by atoms with Crippen molar-refractivity contribution in [2.24, 2.45) is 0 Å². The van der Waals surface area contributed by atoms with Crippen LogP contribution in [0.2, 0.25) is 0 Å². The standard InChI is InChI=1S/C10H18N2O4/c1-2-3-4-11-10(16)12-6-7(13)5-8(12)9(14)15/h7-8,13H,2-6H2,1H3,(H,11,16)(H,14,15)/t7?,8-/m0/s1. The predicted octanol–water partition coefficient (Wildman–Crippen LogP) is 0.0159. The van der Waals surface area contributed by atoms with E-state index in [4.69, 9.17) is 5.11 Å². The molecule has 1 aliphatic heterocycles. The van der Waals surface area contributed by atoms with E-state index in [1.54, 1.807) is 0 Å². The van der Waals surface area contributed by atoms with Gasteiger partial charge in [-0.15, -0.1) is 0 Å².